The highest BCUT2D eigenvalue weighted by molar-refractivity contribution is 5.99. The molecule has 0 saturated carbocycles. The van der Waals surface area contributed by atoms with Gasteiger partial charge in [-0.25, -0.2) is 0 Å². The maximum Gasteiger partial charge on any atom is 0.310 e. The molecule has 2 atom stereocenters. The fourth-order valence-electron chi connectivity index (χ4n) is 3.19. The second kappa shape index (κ2) is 8.07. The van der Waals surface area contributed by atoms with E-state index in [1.165, 1.54) is 4.90 Å². The van der Waals surface area contributed by atoms with E-state index < -0.39 is 42.4 Å². The van der Waals surface area contributed by atoms with Gasteiger partial charge < -0.3 is 25.4 Å². The van der Waals surface area contributed by atoms with Crippen LogP contribution in [0.3, 0.4) is 0 Å². The summed E-state index contributed by atoms with van der Waals surface area (Å²) in [5.74, 6) is -1.78. The van der Waals surface area contributed by atoms with E-state index in [1.807, 2.05) is 0 Å². The first-order chi connectivity index (χ1) is 13.0. The topological polar surface area (TPSA) is 128 Å². The van der Waals surface area contributed by atoms with Gasteiger partial charge in [0.25, 0.3) is 11.8 Å². The highest BCUT2D eigenvalue weighted by Crippen LogP contribution is 2.29. The standard InChI is InChI=1S/C18H21N3O6/c19-17(24)12-6-3-4-8-21(12)15(22)10-26-16(23)9-14-18(25)20-11-5-1-2-7-13(11)27-14/h1-2,5,7,12,14H,3-4,6,8-10H2,(H2,19,24)(H,20,25)/t12-,14+/m0/s1. The monoisotopic (exact) mass is 375 g/mol. The van der Waals surface area contributed by atoms with Crippen LogP contribution in [0.1, 0.15) is 25.7 Å². The lowest BCUT2D eigenvalue weighted by Crippen LogP contribution is -2.51. The third-order valence-corrected chi connectivity index (χ3v) is 4.57. The first-order valence-corrected chi connectivity index (χ1v) is 8.76. The van der Waals surface area contributed by atoms with Crippen LogP contribution < -0.4 is 15.8 Å². The van der Waals surface area contributed by atoms with Crippen molar-refractivity contribution < 1.29 is 28.7 Å². The Balaban J connectivity index is 1.51. The number of esters is 1. The third-order valence-electron chi connectivity index (χ3n) is 4.57. The van der Waals surface area contributed by atoms with Crippen molar-refractivity contribution >= 4 is 29.4 Å². The lowest BCUT2D eigenvalue weighted by atomic mass is 10.0. The number of rotatable bonds is 5. The summed E-state index contributed by atoms with van der Waals surface area (Å²) in [5, 5.41) is 2.65. The maximum atomic E-state index is 12.3. The summed E-state index contributed by atoms with van der Waals surface area (Å²) in [6, 6.07) is 6.19. The highest BCUT2D eigenvalue weighted by Gasteiger charge is 2.33. The molecule has 1 aromatic carbocycles. The fourth-order valence-corrected chi connectivity index (χ4v) is 3.19. The minimum Gasteiger partial charge on any atom is -0.478 e. The molecule has 0 unspecified atom stereocenters. The summed E-state index contributed by atoms with van der Waals surface area (Å²) < 4.78 is 10.5. The van der Waals surface area contributed by atoms with E-state index in [9.17, 15) is 19.2 Å². The lowest BCUT2D eigenvalue weighted by molar-refractivity contribution is -0.156. The van der Waals surface area contributed by atoms with Gasteiger partial charge in [0.1, 0.15) is 11.8 Å². The van der Waals surface area contributed by atoms with Crippen molar-refractivity contribution in [2.45, 2.75) is 37.8 Å². The predicted octanol–water partition coefficient (Wildman–Crippen LogP) is 0.186. The number of carbonyl (C=O) groups excluding carboxylic acids is 4. The molecule has 1 aromatic rings. The van der Waals surface area contributed by atoms with E-state index in [-0.39, 0.29) is 6.42 Å². The van der Waals surface area contributed by atoms with Crippen LogP contribution in [0.4, 0.5) is 5.69 Å². The molecule has 0 spiro atoms. The van der Waals surface area contributed by atoms with Crippen molar-refractivity contribution in [1.82, 2.24) is 4.90 Å². The normalized spacial score (nSPS) is 21.5. The number of likely N-dealkylation sites (tertiary alicyclic amines) is 1. The van der Waals surface area contributed by atoms with Gasteiger partial charge in [0.05, 0.1) is 12.1 Å². The quantitative estimate of drug-likeness (QED) is 0.707. The number of ether oxygens (including phenoxy) is 2. The SMILES string of the molecule is NC(=O)[C@@H]1CCCCN1C(=O)COC(=O)C[C@H]1Oc2ccccc2NC1=O. The molecule has 3 rings (SSSR count). The predicted molar refractivity (Wildman–Crippen MR) is 93.6 cm³/mol. The summed E-state index contributed by atoms with van der Waals surface area (Å²) >= 11 is 0. The molecule has 9 heteroatoms. The first-order valence-electron chi connectivity index (χ1n) is 8.76. The molecule has 2 aliphatic rings. The van der Waals surface area contributed by atoms with Gasteiger partial charge in [-0.3, -0.25) is 19.2 Å². The van der Waals surface area contributed by atoms with Gasteiger partial charge in [-0.05, 0) is 31.4 Å². The fraction of sp³-hybridized carbons (Fsp3) is 0.444. The Morgan fingerprint density at radius 3 is 2.81 bits per heavy atom. The molecular formula is C18H21N3O6. The third kappa shape index (κ3) is 4.36. The second-order valence-corrected chi connectivity index (χ2v) is 6.46. The van der Waals surface area contributed by atoms with Crippen LogP contribution in [0.5, 0.6) is 5.75 Å². The van der Waals surface area contributed by atoms with Crippen LogP contribution >= 0.6 is 0 Å². The van der Waals surface area contributed by atoms with Crippen molar-refractivity contribution in [2.75, 3.05) is 18.5 Å². The largest absolute Gasteiger partial charge is 0.478 e. The smallest absolute Gasteiger partial charge is 0.310 e. The maximum absolute atomic E-state index is 12.3. The average molecular weight is 375 g/mol. The van der Waals surface area contributed by atoms with Crippen LogP contribution in [0.2, 0.25) is 0 Å². The zero-order chi connectivity index (χ0) is 19.4. The zero-order valence-electron chi connectivity index (χ0n) is 14.7. The molecule has 3 N–H and O–H groups in total. The number of carbonyl (C=O) groups is 4. The van der Waals surface area contributed by atoms with E-state index in [2.05, 4.69) is 5.32 Å². The Labute approximate surface area is 155 Å². The number of hydrogen-bond donors (Lipinski definition) is 2. The molecule has 0 bridgehead atoms. The second-order valence-electron chi connectivity index (χ2n) is 6.46. The van der Waals surface area contributed by atoms with Crippen LogP contribution in [0.15, 0.2) is 24.3 Å². The molecule has 0 aromatic heterocycles. The number of primary amides is 1. The number of anilines is 1. The van der Waals surface area contributed by atoms with E-state index in [0.29, 0.717) is 24.4 Å². The van der Waals surface area contributed by atoms with Gasteiger partial charge in [0.2, 0.25) is 5.91 Å². The van der Waals surface area contributed by atoms with E-state index in [1.54, 1.807) is 24.3 Å². The number of para-hydroxylation sites is 2. The molecule has 0 aliphatic carbocycles. The number of benzene rings is 1. The number of amides is 3. The Morgan fingerprint density at radius 2 is 2.04 bits per heavy atom. The Bertz CT molecular complexity index is 765. The summed E-state index contributed by atoms with van der Waals surface area (Å²) in [6.45, 7) is -0.109. The summed E-state index contributed by atoms with van der Waals surface area (Å²) in [7, 11) is 0. The Morgan fingerprint density at radius 1 is 1.26 bits per heavy atom. The van der Waals surface area contributed by atoms with Gasteiger partial charge in [0, 0.05) is 6.54 Å². The molecule has 9 nitrogen and oxygen atoms in total. The molecule has 27 heavy (non-hydrogen) atoms. The minimum absolute atomic E-state index is 0.327. The van der Waals surface area contributed by atoms with Crippen LogP contribution in [-0.4, -0.2) is 53.9 Å². The molecule has 2 aliphatic heterocycles. The van der Waals surface area contributed by atoms with E-state index in [0.717, 1.165) is 12.8 Å². The molecule has 1 fully saturated rings. The highest BCUT2D eigenvalue weighted by atomic mass is 16.5. The van der Waals surface area contributed by atoms with Gasteiger partial charge in [-0.2, -0.15) is 0 Å². The van der Waals surface area contributed by atoms with Crippen molar-refractivity contribution in [1.29, 1.82) is 0 Å². The van der Waals surface area contributed by atoms with Crippen molar-refractivity contribution in [3.63, 3.8) is 0 Å². The molecule has 0 radical (unpaired) electrons. The van der Waals surface area contributed by atoms with Gasteiger partial charge in [-0.1, -0.05) is 12.1 Å². The number of nitrogens with one attached hydrogen (secondary N) is 1. The average Bonchev–Trinajstić information content (AvgIpc) is 2.66. The molecule has 3 amide bonds. The summed E-state index contributed by atoms with van der Waals surface area (Å²) in [6.07, 6.45) is 0.721. The molecule has 1 saturated heterocycles. The van der Waals surface area contributed by atoms with Crippen LogP contribution in [0.25, 0.3) is 0 Å². The zero-order valence-corrected chi connectivity index (χ0v) is 14.7. The Kier molecular flexibility index (Phi) is 5.58. The number of hydrogen-bond acceptors (Lipinski definition) is 6. The molecule has 2 heterocycles. The van der Waals surface area contributed by atoms with Crippen molar-refractivity contribution in [2.24, 2.45) is 5.73 Å². The van der Waals surface area contributed by atoms with Crippen LogP contribution in [-0.2, 0) is 23.9 Å². The minimum atomic E-state index is -1.03. The van der Waals surface area contributed by atoms with Gasteiger partial charge >= 0.3 is 5.97 Å². The number of fused-ring (bicyclic) bond motifs is 1. The van der Waals surface area contributed by atoms with Crippen molar-refractivity contribution in [3.8, 4) is 5.75 Å². The lowest BCUT2D eigenvalue weighted by Gasteiger charge is -2.33. The Hall–Kier alpha value is -3.10. The molecular weight excluding hydrogens is 354 g/mol. The van der Waals surface area contributed by atoms with E-state index >= 15 is 0 Å². The molecule has 144 valence electrons. The first kappa shape index (κ1) is 18.7. The van der Waals surface area contributed by atoms with Crippen LogP contribution in [0, 0.1) is 0 Å². The van der Waals surface area contributed by atoms with Crippen molar-refractivity contribution in [3.05, 3.63) is 24.3 Å². The summed E-state index contributed by atoms with van der Waals surface area (Å²) in [4.78, 5) is 49.1. The number of piperidine rings is 1. The van der Waals surface area contributed by atoms with Gasteiger partial charge in [0.15, 0.2) is 12.7 Å². The number of nitrogens with zero attached hydrogens (tertiary/aromatic N) is 1. The summed E-state index contributed by atoms with van der Waals surface area (Å²) in [5.41, 5.74) is 5.86. The van der Waals surface area contributed by atoms with E-state index in [4.69, 9.17) is 15.2 Å². The number of nitrogens with two attached hydrogens (primary N) is 1. The van der Waals surface area contributed by atoms with Gasteiger partial charge in [-0.15, -0.1) is 0 Å².